The van der Waals surface area contributed by atoms with Crippen molar-refractivity contribution in [3.05, 3.63) is 29.3 Å². The van der Waals surface area contributed by atoms with Crippen LogP contribution in [0.5, 0.6) is 5.75 Å². The molecule has 0 radical (unpaired) electrons. The van der Waals surface area contributed by atoms with Gasteiger partial charge in [0.05, 0.1) is 18.3 Å². The van der Waals surface area contributed by atoms with Crippen molar-refractivity contribution in [2.75, 3.05) is 7.11 Å². The molecule has 3 nitrogen and oxygen atoms in total. The average molecular weight is 194 g/mol. The van der Waals surface area contributed by atoms with Crippen LogP contribution in [0, 0.1) is 0 Å². The quantitative estimate of drug-likeness (QED) is 0.745. The van der Waals surface area contributed by atoms with Crippen molar-refractivity contribution >= 4 is 6.29 Å². The molecule has 0 atom stereocenters. The van der Waals surface area contributed by atoms with E-state index in [1.165, 1.54) is 7.11 Å². The number of carbonyl (C=O) groups excluding carboxylic acids is 1. The summed E-state index contributed by atoms with van der Waals surface area (Å²) in [5, 5.41) is 9.72. The molecule has 0 aromatic heterocycles. The number of hydrogen-bond donors (Lipinski definition) is 1. The van der Waals surface area contributed by atoms with Gasteiger partial charge in [0, 0.05) is 0 Å². The van der Waals surface area contributed by atoms with E-state index in [4.69, 9.17) is 4.74 Å². The Morgan fingerprint density at radius 3 is 2.50 bits per heavy atom. The molecule has 0 saturated heterocycles. The lowest BCUT2D eigenvalue weighted by Gasteiger charge is -2.18. The second-order valence-corrected chi connectivity index (χ2v) is 3.63. The predicted octanol–water partition coefficient (Wildman–Crippen LogP) is 1.74. The summed E-state index contributed by atoms with van der Waals surface area (Å²) in [6.45, 7) is 3.34. The molecule has 1 aromatic rings. The maximum absolute atomic E-state index is 10.7. The van der Waals surface area contributed by atoms with Crippen molar-refractivity contribution in [2.24, 2.45) is 0 Å². The minimum atomic E-state index is -0.940. The van der Waals surface area contributed by atoms with Gasteiger partial charge in [-0.1, -0.05) is 6.07 Å². The number of methoxy groups -OCH3 is 1. The van der Waals surface area contributed by atoms with Gasteiger partial charge in [0.1, 0.15) is 5.75 Å². The summed E-state index contributed by atoms with van der Waals surface area (Å²) in [5.74, 6) is 0.521. The van der Waals surface area contributed by atoms with Crippen LogP contribution in [0.2, 0.25) is 0 Å². The van der Waals surface area contributed by atoms with E-state index in [0.29, 0.717) is 23.2 Å². The summed E-state index contributed by atoms with van der Waals surface area (Å²) in [7, 11) is 1.51. The fourth-order valence-electron chi connectivity index (χ4n) is 1.21. The van der Waals surface area contributed by atoms with Crippen molar-refractivity contribution in [2.45, 2.75) is 19.4 Å². The molecule has 3 heteroatoms. The third-order valence-corrected chi connectivity index (χ3v) is 2.06. The third-order valence-electron chi connectivity index (χ3n) is 2.06. The zero-order valence-corrected chi connectivity index (χ0v) is 8.57. The molecule has 1 aromatic carbocycles. The van der Waals surface area contributed by atoms with E-state index >= 15 is 0 Å². The van der Waals surface area contributed by atoms with Gasteiger partial charge in [-0.3, -0.25) is 4.79 Å². The van der Waals surface area contributed by atoms with Crippen LogP contribution < -0.4 is 4.74 Å². The van der Waals surface area contributed by atoms with E-state index in [1.807, 2.05) is 0 Å². The summed E-state index contributed by atoms with van der Waals surface area (Å²) in [4.78, 5) is 10.7. The summed E-state index contributed by atoms with van der Waals surface area (Å²) >= 11 is 0. The van der Waals surface area contributed by atoms with Crippen LogP contribution in [0.4, 0.5) is 0 Å². The van der Waals surface area contributed by atoms with Crippen LogP contribution in [-0.2, 0) is 5.60 Å². The van der Waals surface area contributed by atoms with Gasteiger partial charge in [-0.2, -0.15) is 0 Å². The highest BCUT2D eigenvalue weighted by atomic mass is 16.5. The SMILES string of the molecule is COc1ccc(C(C)(C)O)cc1C=O. The number of aliphatic hydroxyl groups is 1. The van der Waals surface area contributed by atoms with Crippen molar-refractivity contribution in [1.29, 1.82) is 0 Å². The predicted molar refractivity (Wildman–Crippen MR) is 53.6 cm³/mol. The lowest BCUT2D eigenvalue weighted by atomic mass is 9.96. The fraction of sp³-hybridized carbons (Fsp3) is 0.364. The first-order chi connectivity index (χ1) is 6.49. The average Bonchev–Trinajstić information content (AvgIpc) is 2.15. The lowest BCUT2D eigenvalue weighted by Crippen LogP contribution is -2.15. The van der Waals surface area contributed by atoms with E-state index in [9.17, 15) is 9.90 Å². The molecule has 0 saturated carbocycles. The van der Waals surface area contributed by atoms with Crippen molar-refractivity contribution < 1.29 is 14.6 Å². The Morgan fingerprint density at radius 2 is 2.07 bits per heavy atom. The van der Waals surface area contributed by atoms with Crippen molar-refractivity contribution in [3.8, 4) is 5.75 Å². The van der Waals surface area contributed by atoms with Crippen LogP contribution >= 0.6 is 0 Å². The van der Waals surface area contributed by atoms with Gasteiger partial charge in [0.15, 0.2) is 6.29 Å². The normalized spacial score (nSPS) is 11.1. The first-order valence-electron chi connectivity index (χ1n) is 4.35. The van der Waals surface area contributed by atoms with Crippen molar-refractivity contribution in [1.82, 2.24) is 0 Å². The maximum Gasteiger partial charge on any atom is 0.153 e. The third kappa shape index (κ3) is 2.12. The van der Waals surface area contributed by atoms with Crippen LogP contribution in [0.15, 0.2) is 18.2 Å². The molecule has 0 aliphatic rings. The fourth-order valence-corrected chi connectivity index (χ4v) is 1.21. The standard InChI is InChI=1S/C11H14O3/c1-11(2,13)9-4-5-10(14-3)8(6-9)7-12/h4-7,13H,1-3H3. The van der Waals surface area contributed by atoms with E-state index in [1.54, 1.807) is 32.0 Å². The zero-order chi connectivity index (χ0) is 10.8. The van der Waals surface area contributed by atoms with E-state index < -0.39 is 5.60 Å². The van der Waals surface area contributed by atoms with Gasteiger partial charge in [-0.25, -0.2) is 0 Å². The summed E-state index contributed by atoms with van der Waals surface area (Å²) < 4.78 is 4.99. The molecule has 0 fully saturated rings. The largest absolute Gasteiger partial charge is 0.496 e. The molecule has 0 bridgehead atoms. The Kier molecular flexibility index (Phi) is 2.91. The van der Waals surface area contributed by atoms with Gasteiger partial charge < -0.3 is 9.84 Å². The van der Waals surface area contributed by atoms with Crippen LogP contribution in [-0.4, -0.2) is 18.5 Å². The monoisotopic (exact) mass is 194 g/mol. The second kappa shape index (κ2) is 3.80. The van der Waals surface area contributed by atoms with Crippen LogP contribution in [0.1, 0.15) is 29.8 Å². The van der Waals surface area contributed by atoms with E-state index in [-0.39, 0.29) is 0 Å². The Bertz CT molecular complexity index is 337. The molecule has 0 heterocycles. The summed E-state index contributed by atoms with van der Waals surface area (Å²) in [6, 6.07) is 5.05. The number of carbonyl (C=O) groups is 1. The van der Waals surface area contributed by atoms with Crippen LogP contribution in [0.3, 0.4) is 0 Å². The number of aldehydes is 1. The molecular weight excluding hydrogens is 180 g/mol. The molecule has 14 heavy (non-hydrogen) atoms. The number of rotatable bonds is 3. The van der Waals surface area contributed by atoms with Gasteiger partial charge in [0.25, 0.3) is 0 Å². The Hall–Kier alpha value is -1.35. The highest BCUT2D eigenvalue weighted by molar-refractivity contribution is 5.79. The van der Waals surface area contributed by atoms with Crippen molar-refractivity contribution in [3.63, 3.8) is 0 Å². The molecule has 0 aliphatic carbocycles. The topological polar surface area (TPSA) is 46.5 Å². The Labute approximate surface area is 83.3 Å². The van der Waals surface area contributed by atoms with E-state index in [0.717, 1.165) is 0 Å². The number of ether oxygens (including phenoxy) is 1. The highest BCUT2D eigenvalue weighted by Crippen LogP contribution is 2.25. The second-order valence-electron chi connectivity index (χ2n) is 3.63. The molecule has 1 rings (SSSR count). The Balaban J connectivity index is 3.21. The number of benzene rings is 1. The highest BCUT2D eigenvalue weighted by Gasteiger charge is 2.17. The molecular formula is C11H14O3. The van der Waals surface area contributed by atoms with E-state index in [2.05, 4.69) is 0 Å². The maximum atomic E-state index is 10.7. The van der Waals surface area contributed by atoms with Gasteiger partial charge in [0.2, 0.25) is 0 Å². The first kappa shape index (κ1) is 10.7. The summed E-state index contributed by atoms with van der Waals surface area (Å²) in [5.41, 5.74) is 0.205. The van der Waals surface area contributed by atoms with Gasteiger partial charge in [-0.15, -0.1) is 0 Å². The molecule has 0 spiro atoms. The van der Waals surface area contributed by atoms with Gasteiger partial charge in [-0.05, 0) is 31.5 Å². The molecule has 0 amide bonds. The van der Waals surface area contributed by atoms with Crippen LogP contribution in [0.25, 0.3) is 0 Å². The Morgan fingerprint density at radius 1 is 1.43 bits per heavy atom. The summed E-state index contributed by atoms with van der Waals surface area (Å²) in [6.07, 6.45) is 0.716. The zero-order valence-electron chi connectivity index (χ0n) is 8.57. The molecule has 0 unspecified atom stereocenters. The number of hydrogen-bond acceptors (Lipinski definition) is 3. The molecule has 1 N–H and O–H groups in total. The van der Waals surface area contributed by atoms with Gasteiger partial charge >= 0.3 is 0 Å². The minimum absolute atomic E-state index is 0.451. The first-order valence-corrected chi connectivity index (χ1v) is 4.35. The lowest BCUT2D eigenvalue weighted by molar-refractivity contribution is 0.0785. The molecule has 76 valence electrons. The molecule has 0 aliphatic heterocycles. The minimum Gasteiger partial charge on any atom is -0.496 e. The smallest absolute Gasteiger partial charge is 0.153 e.